The lowest BCUT2D eigenvalue weighted by Gasteiger charge is -2.62. The van der Waals surface area contributed by atoms with Crippen molar-refractivity contribution in [3.63, 3.8) is 0 Å². The Balaban J connectivity index is 1.40. The largest absolute Gasteiger partial charge is 0.508 e. The Morgan fingerprint density at radius 1 is 1.02 bits per heavy atom. The van der Waals surface area contributed by atoms with Gasteiger partial charge < -0.3 is 40.1 Å². The fourth-order valence-corrected chi connectivity index (χ4v) is 9.97. The van der Waals surface area contributed by atoms with Crippen molar-refractivity contribution in [1.29, 1.82) is 0 Å². The molecule has 4 unspecified atom stereocenters. The van der Waals surface area contributed by atoms with Crippen LogP contribution in [0.25, 0.3) is 0 Å². The summed E-state index contributed by atoms with van der Waals surface area (Å²) < 4.78 is 13.4. The van der Waals surface area contributed by atoms with Gasteiger partial charge in [-0.1, -0.05) is 39.8 Å². The number of fused-ring (bicyclic) bond motifs is 5. The van der Waals surface area contributed by atoms with Crippen LogP contribution in [0.3, 0.4) is 0 Å². The van der Waals surface area contributed by atoms with E-state index >= 15 is 0 Å². The molecule has 6 rings (SSSR count). The van der Waals surface area contributed by atoms with Gasteiger partial charge in [-0.15, -0.1) is 0 Å². The lowest BCUT2D eigenvalue weighted by molar-refractivity contribution is -0.191. The Hall–Kier alpha value is -1.85. The topological polar surface area (TPSA) is 157 Å². The molecule has 0 radical (unpaired) electrons. The van der Waals surface area contributed by atoms with E-state index < -0.39 is 70.2 Å². The van der Waals surface area contributed by atoms with E-state index in [-0.39, 0.29) is 49.1 Å². The second-order valence-electron chi connectivity index (χ2n) is 15.8. The van der Waals surface area contributed by atoms with E-state index in [1.807, 2.05) is 34.6 Å². The molecule has 44 heavy (non-hydrogen) atoms. The van der Waals surface area contributed by atoms with Gasteiger partial charge in [-0.3, -0.25) is 4.79 Å². The van der Waals surface area contributed by atoms with E-state index in [2.05, 4.69) is 0 Å². The molecule has 244 valence electrons. The van der Waals surface area contributed by atoms with Crippen LogP contribution in [-0.4, -0.2) is 77.6 Å². The molecule has 1 aromatic carbocycles. The first kappa shape index (κ1) is 32.1. The summed E-state index contributed by atoms with van der Waals surface area (Å²) in [6.07, 6.45) is -0.980. The molecule has 9 nitrogen and oxygen atoms in total. The lowest BCUT2D eigenvalue weighted by atomic mass is 9.44. The van der Waals surface area contributed by atoms with Gasteiger partial charge in [0.2, 0.25) is 0 Å². The average molecular weight is 615 g/mol. The van der Waals surface area contributed by atoms with Gasteiger partial charge in [0.05, 0.1) is 41.2 Å². The highest BCUT2D eigenvalue weighted by molar-refractivity contribution is 5.95. The second-order valence-corrected chi connectivity index (χ2v) is 15.8. The summed E-state index contributed by atoms with van der Waals surface area (Å²) in [5.41, 5.74) is -3.94. The second kappa shape index (κ2) is 10.3. The zero-order valence-electron chi connectivity index (χ0n) is 26.7. The van der Waals surface area contributed by atoms with E-state index in [4.69, 9.17) is 9.47 Å². The van der Waals surface area contributed by atoms with Crippen molar-refractivity contribution in [1.82, 2.24) is 0 Å². The summed E-state index contributed by atoms with van der Waals surface area (Å²) in [6, 6.07) is 6.64. The molecule has 0 amide bonds. The smallest absolute Gasteiger partial charge is 0.185 e. The number of hydrogen-bond acceptors (Lipinski definition) is 9. The number of allylic oxidation sites excluding steroid dienone is 1. The summed E-state index contributed by atoms with van der Waals surface area (Å²) >= 11 is 0. The number of ether oxygens (including phenoxy) is 2. The highest BCUT2D eigenvalue weighted by Crippen LogP contribution is 2.70. The van der Waals surface area contributed by atoms with E-state index in [0.717, 1.165) is 5.56 Å². The number of aliphatic hydroxyl groups excluding tert-OH is 3. The summed E-state index contributed by atoms with van der Waals surface area (Å²) in [6.45, 7) is 11.6. The van der Waals surface area contributed by atoms with Gasteiger partial charge in [-0.05, 0) is 87.0 Å². The number of carbonyl (C=O) groups excluding carboxylic acids is 1. The number of hydrogen-bond donors (Lipinski definition) is 6. The van der Waals surface area contributed by atoms with Crippen LogP contribution in [0.2, 0.25) is 0 Å². The van der Waals surface area contributed by atoms with Crippen LogP contribution in [0.4, 0.5) is 0 Å². The molecule has 1 aliphatic heterocycles. The molecule has 1 aromatic rings. The quantitative estimate of drug-likeness (QED) is 0.292. The third-order valence-electron chi connectivity index (χ3n) is 13.0. The van der Waals surface area contributed by atoms with E-state index in [0.29, 0.717) is 18.4 Å². The van der Waals surface area contributed by atoms with Gasteiger partial charge in [-0.25, -0.2) is 0 Å². The zero-order valence-corrected chi connectivity index (χ0v) is 26.7. The van der Waals surface area contributed by atoms with Crippen LogP contribution >= 0.6 is 0 Å². The third kappa shape index (κ3) is 4.48. The first-order valence-electron chi connectivity index (χ1n) is 16.2. The van der Waals surface area contributed by atoms with Crippen LogP contribution < -0.4 is 0 Å². The van der Waals surface area contributed by atoms with Crippen molar-refractivity contribution in [2.75, 3.05) is 0 Å². The van der Waals surface area contributed by atoms with Crippen molar-refractivity contribution < 1.29 is 44.9 Å². The van der Waals surface area contributed by atoms with Crippen molar-refractivity contribution in [3.8, 4) is 5.75 Å². The van der Waals surface area contributed by atoms with Crippen molar-refractivity contribution in [2.45, 2.75) is 128 Å². The minimum Gasteiger partial charge on any atom is -0.508 e. The average Bonchev–Trinajstić information content (AvgIpc) is 3.39. The van der Waals surface area contributed by atoms with Crippen LogP contribution in [0.15, 0.2) is 35.9 Å². The lowest BCUT2D eigenvalue weighted by Crippen LogP contribution is -2.66. The van der Waals surface area contributed by atoms with Gasteiger partial charge in [0.15, 0.2) is 12.1 Å². The molecule has 0 aromatic heterocycles. The van der Waals surface area contributed by atoms with Crippen LogP contribution in [-0.2, 0) is 14.3 Å². The van der Waals surface area contributed by atoms with Crippen LogP contribution in [0.1, 0.15) is 91.9 Å². The molecule has 0 bridgehead atoms. The highest BCUT2D eigenvalue weighted by Gasteiger charge is 2.72. The molecule has 1 heterocycles. The molecule has 13 atom stereocenters. The fraction of sp³-hybridized carbons (Fsp3) is 0.743. The van der Waals surface area contributed by atoms with Gasteiger partial charge in [-0.2, -0.15) is 0 Å². The molecule has 0 spiro atoms. The molecule has 5 aliphatic rings. The van der Waals surface area contributed by atoms with Crippen molar-refractivity contribution in [3.05, 3.63) is 41.5 Å². The first-order chi connectivity index (χ1) is 20.4. The molecule has 3 saturated carbocycles. The predicted octanol–water partition coefficient (Wildman–Crippen LogP) is 3.54. The fourth-order valence-electron chi connectivity index (χ4n) is 9.97. The van der Waals surface area contributed by atoms with Crippen LogP contribution in [0.5, 0.6) is 5.75 Å². The Labute approximate surface area is 259 Å². The molecule has 1 saturated heterocycles. The molecule has 4 aliphatic carbocycles. The minimum absolute atomic E-state index is 0.0621. The number of phenols is 1. The summed E-state index contributed by atoms with van der Waals surface area (Å²) in [5.74, 6) is -1.52. The van der Waals surface area contributed by atoms with Gasteiger partial charge >= 0.3 is 0 Å². The standard InChI is InChI=1S/C35H50O9/c1-18(2)33(5,41)17-28-34(6,44-30(43-28)19-7-9-20(36)10-8-19)27-11-12-35(42)22-14-23(37)21-13-24(38)25(39)15-31(21,3)29(22)26(40)16-32(27,35)4/h7-10,14,18,21,24-30,36,38-42H,11-13,15-17H2,1-6H3/t21?,24-,25+,26-,27+,28?,29?,30?,31+,32-,33+,34-,35-/m1/s1. The van der Waals surface area contributed by atoms with Crippen molar-refractivity contribution >= 4 is 5.78 Å². The Kier molecular flexibility index (Phi) is 7.53. The monoisotopic (exact) mass is 614 g/mol. The van der Waals surface area contributed by atoms with E-state index in [1.54, 1.807) is 31.2 Å². The summed E-state index contributed by atoms with van der Waals surface area (Å²) in [7, 11) is 0. The zero-order chi connectivity index (χ0) is 32.2. The number of benzene rings is 1. The van der Waals surface area contributed by atoms with Crippen LogP contribution in [0, 0.1) is 34.5 Å². The van der Waals surface area contributed by atoms with Gasteiger partial charge in [0.25, 0.3) is 0 Å². The van der Waals surface area contributed by atoms with E-state index in [1.165, 1.54) is 6.08 Å². The number of ketones is 1. The predicted molar refractivity (Wildman–Crippen MR) is 161 cm³/mol. The molecule has 4 fully saturated rings. The molecule has 9 heteroatoms. The Bertz CT molecular complexity index is 1320. The van der Waals surface area contributed by atoms with Gasteiger partial charge in [0, 0.05) is 29.2 Å². The maximum atomic E-state index is 13.6. The Morgan fingerprint density at radius 3 is 2.32 bits per heavy atom. The minimum atomic E-state index is -1.42. The normalized spacial score (nSPS) is 48.4. The number of carbonyl (C=O) groups is 1. The Morgan fingerprint density at radius 2 is 1.68 bits per heavy atom. The van der Waals surface area contributed by atoms with Crippen molar-refractivity contribution in [2.24, 2.45) is 34.5 Å². The highest BCUT2D eigenvalue weighted by atomic mass is 16.7. The van der Waals surface area contributed by atoms with E-state index in [9.17, 15) is 35.4 Å². The first-order valence-corrected chi connectivity index (χ1v) is 16.2. The van der Waals surface area contributed by atoms with Gasteiger partial charge in [0.1, 0.15) is 5.75 Å². The molecular weight excluding hydrogens is 564 g/mol. The summed E-state index contributed by atoms with van der Waals surface area (Å²) in [4.78, 5) is 13.6. The maximum absolute atomic E-state index is 13.6. The SMILES string of the molecule is CC(C)[C@@](C)(O)CC1OC(c2ccc(O)cc2)O[C@]1(C)[C@H]1CC[C@@]2(O)C3=CC(=O)C4C[C@@H](O)[C@@H](O)C[C@]4(C)C3[C@H](O)C[C@]12C. The third-order valence-corrected chi connectivity index (χ3v) is 13.0. The maximum Gasteiger partial charge on any atom is 0.185 e. The number of aliphatic hydroxyl groups is 5. The molecular formula is C35H50O9. The number of rotatable bonds is 5. The summed E-state index contributed by atoms with van der Waals surface area (Å²) in [5, 5.41) is 67.1. The number of phenolic OH excluding ortho intramolecular Hbond substituents is 1. The number of aromatic hydroxyl groups is 1. The molecule has 6 N–H and O–H groups in total.